The van der Waals surface area contributed by atoms with Crippen molar-refractivity contribution in [2.24, 2.45) is 0 Å². The molecule has 6 nitrogen and oxygen atoms in total. The van der Waals surface area contributed by atoms with Gasteiger partial charge in [0.25, 0.3) is 0 Å². The summed E-state index contributed by atoms with van der Waals surface area (Å²) in [6, 6.07) is 5.79. The summed E-state index contributed by atoms with van der Waals surface area (Å²) < 4.78 is 35.5. The quantitative estimate of drug-likeness (QED) is 0.231. The van der Waals surface area contributed by atoms with Crippen molar-refractivity contribution in [1.82, 2.24) is 14.9 Å². The molecule has 2 aromatic heterocycles. The molecule has 2 saturated heterocycles. The molecule has 8 heteroatoms. The molecule has 4 aromatic rings. The van der Waals surface area contributed by atoms with Gasteiger partial charge in [-0.15, -0.1) is 6.42 Å². The van der Waals surface area contributed by atoms with Crippen LogP contribution in [0.3, 0.4) is 0 Å². The van der Waals surface area contributed by atoms with Crippen molar-refractivity contribution in [2.45, 2.75) is 102 Å². The summed E-state index contributed by atoms with van der Waals surface area (Å²) in [6.07, 6.45) is 16.4. The maximum absolute atomic E-state index is 14.9. The molecule has 7 rings (SSSR count). The summed E-state index contributed by atoms with van der Waals surface area (Å²) in [5.41, 5.74) is 1.50. The van der Waals surface area contributed by atoms with Crippen LogP contribution < -0.4 is 5.63 Å². The van der Waals surface area contributed by atoms with E-state index >= 15 is 0 Å². The first-order chi connectivity index (χ1) is 21.8. The van der Waals surface area contributed by atoms with E-state index < -0.39 is 17.6 Å². The van der Waals surface area contributed by atoms with Crippen LogP contribution in [0.4, 0.5) is 8.78 Å². The second-order valence-corrected chi connectivity index (χ2v) is 13.4. The monoisotopic (exact) mass is 611 g/mol. The van der Waals surface area contributed by atoms with Gasteiger partial charge >= 0.3 is 5.63 Å². The number of rotatable bonds is 5. The summed E-state index contributed by atoms with van der Waals surface area (Å²) in [6.45, 7) is 3.26. The lowest BCUT2D eigenvalue weighted by molar-refractivity contribution is 0.181. The minimum atomic E-state index is -0.808. The molecular formula is C37H39F2N3O3. The maximum atomic E-state index is 14.9. The molecule has 1 saturated carbocycles. The molecule has 45 heavy (non-hydrogen) atoms. The average Bonchev–Trinajstić information content (AvgIpc) is 3.53. The lowest BCUT2D eigenvalue weighted by Crippen LogP contribution is -2.38. The van der Waals surface area contributed by atoms with Crippen LogP contribution in [0, 0.1) is 25.1 Å². The van der Waals surface area contributed by atoms with Gasteiger partial charge in [-0.2, -0.15) is 0 Å². The Bertz CT molecular complexity index is 1890. The SMILES string of the molecule is C#Cc1c(F)ccc2cc(O)cc(-c3oc(=O)c4c(C5CCCCCCC5)nc(CCC56CCCN5CC(F)C6)nc4c3C)c12. The van der Waals surface area contributed by atoms with Crippen molar-refractivity contribution >= 4 is 21.7 Å². The predicted molar refractivity (Wildman–Crippen MR) is 172 cm³/mol. The van der Waals surface area contributed by atoms with E-state index in [-0.39, 0.29) is 28.5 Å². The highest BCUT2D eigenvalue weighted by molar-refractivity contribution is 6.02. The van der Waals surface area contributed by atoms with Gasteiger partial charge in [0.15, 0.2) is 0 Å². The number of aromatic nitrogens is 2. The average molecular weight is 612 g/mol. The number of terminal acetylenes is 1. The van der Waals surface area contributed by atoms with Gasteiger partial charge in [0.1, 0.15) is 34.7 Å². The van der Waals surface area contributed by atoms with Crippen LogP contribution >= 0.6 is 0 Å². The first-order valence-corrected chi connectivity index (χ1v) is 16.4. The molecule has 1 N–H and O–H groups in total. The van der Waals surface area contributed by atoms with E-state index in [4.69, 9.17) is 20.8 Å². The van der Waals surface area contributed by atoms with E-state index in [1.165, 1.54) is 24.6 Å². The van der Waals surface area contributed by atoms with Crippen LogP contribution in [0.2, 0.25) is 0 Å². The number of aryl methyl sites for hydroxylation is 2. The Kier molecular flexibility index (Phi) is 7.85. The van der Waals surface area contributed by atoms with Crippen molar-refractivity contribution in [3.8, 4) is 29.4 Å². The van der Waals surface area contributed by atoms with Crippen molar-refractivity contribution in [2.75, 3.05) is 13.1 Å². The van der Waals surface area contributed by atoms with Crippen LogP contribution in [0.5, 0.6) is 5.75 Å². The fourth-order valence-corrected chi connectivity index (χ4v) is 8.42. The summed E-state index contributed by atoms with van der Waals surface area (Å²) in [7, 11) is 0. The van der Waals surface area contributed by atoms with Crippen molar-refractivity contribution in [3.63, 3.8) is 0 Å². The molecule has 2 aliphatic heterocycles. The molecule has 4 heterocycles. The molecule has 0 amide bonds. The molecular weight excluding hydrogens is 572 g/mol. The van der Waals surface area contributed by atoms with E-state index in [0.717, 1.165) is 70.0 Å². The van der Waals surface area contributed by atoms with E-state index in [2.05, 4.69) is 10.8 Å². The minimum absolute atomic E-state index is 0.0336. The molecule has 0 bridgehead atoms. The standard InChI is InChI=1S/C37H39F2N3O3/c1-3-27-29(39)13-12-24-18-26(43)19-28(31(24)27)35-22(2)33-32(36(44)45-35)34(23-10-7-5-4-6-8-11-23)41-30(40-33)14-16-37-15-9-17-42(37)21-25(38)20-37/h1,12-13,18-19,23,25,43H,4-11,14-17,20-21H2,2H3. The topological polar surface area (TPSA) is 79.5 Å². The normalized spacial score (nSPS) is 22.8. The first kappa shape index (κ1) is 29.9. The van der Waals surface area contributed by atoms with E-state index in [0.29, 0.717) is 58.0 Å². The van der Waals surface area contributed by atoms with Gasteiger partial charge in [0.05, 0.1) is 16.8 Å². The minimum Gasteiger partial charge on any atom is -0.508 e. The largest absolute Gasteiger partial charge is 0.508 e. The summed E-state index contributed by atoms with van der Waals surface area (Å²) in [5, 5.41) is 11.9. The number of nitrogens with zero attached hydrogens (tertiary/aromatic N) is 3. The highest BCUT2D eigenvalue weighted by atomic mass is 19.1. The molecule has 0 radical (unpaired) electrons. The second kappa shape index (κ2) is 11.8. The number of fused-ring (bicyclic) bond motifs is 3. The van der Waals surface area contributed by atoms with E-state index in [9.17, 15) is 18.7 Å². The van der Waals surface area contributed by atoms with Crippen LogP contribution in [0.25, 0.3) is 33.0 Å². The molecule has 2 unspecified atom stereocenters. The Balaban J connectivity index is 1.41. The molecule has 2 aromatic carbocycles. The number of hydrogen-bond acceptors (Lipinski definition) is 6. The molecule has 1 aliphatic carbocycles. The van der Waals surface area contributed by atoms with Crippen molar-refractivity contribution in [1.29, 1.82) is 0 Å². The molecule has 0 spiro atoms. The maximum Gasteiger partial charge on any atom is 0.347 e. The molecule has 3 aliphatic rings. The zero-order chi connectivity index (χ0) is 31.3. The number of halogens is 2. The van der Waals surface area contributed by atoms with Crippen LogP contribution in [0.15, 0.2) is 33.5 Å². The van der Waals surface area contributed by atoms with Gasteiger partial charge in [0.2, 0.25) is 0 Å². The third-order valence-electron chi connectivity index (χ3n) is 10.6. The van der Waals surface area contributed by atoms with Crippen molar-refractivity contribution < 1.29 is 18.3 Å². The van der Waals surface area contributed by atoms with Crippen LogP contribution in [0.1, 0.15) is 99.2 Å². The lowest BCUT2D eigenvalue weighted by atomic mass is 9.86. The third kappa shape index (κ3) is 5.29. The molecule has 2 atom stereocenters. The molecule has 234 valence electrons. The summed E-state index contributed by atoms with van der Waals surface area (Å²) >= 11 is 0. The number of phenolic OH excluding ortho intramolecular Hbond substituents is 1. The zero-order valence-corrected chi connectivity index (χ0v) is 25.8. The number of phenols is 1. The highest BCUT2D eigenvalue weighted by Crippen LogP contribution is 2.44. The van der Waals surface area contributed by atoms with Crippen LogP contribution in [-0.2, 0) is 6.42 Å². The number of benzene rings is 2. The fraction of sp³-hybridized carbons (Fsp3) is 0.486. The third-order valence-corrected chi connectivity index (χ3v) is 10.6. The smallest absolute Gasteiger partial charge is 0.347 e. The van der Waals surface area contributed by atoms with Gasteiger partial charge < -0.3 is 9.52 Å². The molecule has 3 fully saturated rings. The fourth-order valence-electron chi connectivity index (χ4n) is 8.42. The Morgan fingerprint density at radius 2 is 1.89 bits per heavy atom. The van der Waals surface area contributed by atoms with Gasteiger partial charge in [-0.05, 0) is 75.6 Å². The van der Waals surface area contributed by atoms with Gasteiger partial charge in [0, 0.05) is 40.9 Å². The Morgan fingerprint density at radius 1 is 1.11 bits per heavy atom. The number of aromatic hydroxyl groups is 1. The summed E-state index contributed by atoms with van der Waals surface area (Å²) in [5.74, 6) is 2.76. The first-order valence-electron chi connectivity index (χ1n) is 16.4. The van der Waals surface area contributed by atoms with Gasteiger partial charge in [-0.3, -0.25) is 4.90 Å². The van der Waals surface area contributed by atoms with E-state index in [1.807, 2.05) is 6.92 Å². The predicted octanol–water partition coefficient (Wildman–Crippen LogP) is 7.87. The van der Waals surface area contributed by atoms with Gasteiger partial charge in [-0.1, -0.05) is 44.1 Å². The Labute approximate surface area is 261 Å². The number of hydrogen-bond donors (Lipinski definition) is 1. The van der Waals surface area contributed by atoms with Crippen LogP contribution in [-0.4, -0.2) is 44.8 Å². The Morgan fingerprint density at radius 3 is 2.67 bits per heavy atom. The number of alkyl halides is 1. The van der Waals surface area contributed by atoms with Gasteiger partial charge in [-0.25, -0.2) is 23.5 Å². The highest BCUT2D eigenvalue weighted by Gasteiger charge is 2.48. The Hall–Kier alpha value is -3.83. The second-order valence-electron chi connectivity index (χ2n) is 13.4. The van der Waals surface area contributed by atoms with Crippen molar-refractivity contribution in [3.05, 3.63) is 63.1 Å². The van der Waals surface area contributed by atoms with E-state index in [1.54, 1.807) is 6.07 Å². The summed E-state index contributed by atoms with van der Waals surface area (Å²) in [4.78, 5) is 26.4. The zero-order valence-electron chi connectivity index (χ0n) is 25.8. The lowest BCUT2D eigenvalue weighted by Gasteiger charge is -2.31.